The minimum Gasteiger partial charge on any atom is -0.362 e. The number of ether oxygens (including phenoxy) is 1. The van der Waals surface area contributed by atoms with Crippen LogP contribution in [0.3, 0.4) is 0 Å². The highest BCUT2D eigenvalue weighted by molar-refractivity contribution is 4.86. The van der Waals surface area contributed by atoms with E-state index in [9.17, 15) is 0 Å². The molecule has 0 aliphatic carbocycles. The quantitative estimate of drug-likeness (QED) is 0.465. The predicted octanol–water partition coefficient (Wildman–Crippen LogP) is 0.402. The number of nitrogens with two attached hydrogens (primary N) is 1. The van der Waals surface area contributed by atoms with Gasteiger partial charge in [0, 0.05) is 19.1 Å². The molecule has 0 aromatic carbocycles. The second-order valence-corrected chi connectivity index (χ2v) is 3.17. The zero-order chi connectivity index (χ0) is 8.27. The van der Waals surface area contributed by atoms with E-state index in [2.05, 4.69) is 18.7 Å². The van der Waals surface area contributed by atoms with E-state index in [1.165, 1.54) is 6.54 Å². The summed E-state index contributed by atoms with van der Waals surface area (Å²) < 4.78 is 5.33. The van der Waals surface area contributed by atoms with Gasteiger partial charge in [-0.15, -0.1) is 0 Å². The Morgan fingerprint density at radius 2 is 2.36 bits per heavy atom. The van der Waals surface area contributed by atoms with Crippen LogP contribution in [-0.2, 0) is 4.74 Å². The highest BCUT2D eigenvalue weighted by Crippen LogP contribution is 2.17. The lowest BCUT2D eigenvalue weighted by atomic mass is 10.3. The predicted molar refractivity (Wildman–Crippen MR) is 45.3 cm³/mol. The van der Waals surface area contributed by atoms with Crippen LogP contribution in [-0.4, -0.2) is 36.9 Å². The monoisotopic (exact) mass is 158 g/mol. The fourth-order valence-electron chi connectivity index (χ4n) is 1.24. The van der Waals surface area contributed by atoms with Crippen molar-refractivity contribution in [1.29, 1.82) is 0 Å². The van der Waals surface area contributed by atoms with Gasteiger partial charge in [0.15, 0.2) is 0 Å². The molecule has 0 spiro atoms. The van der Waals surface area contributed by atoms with Crippen molar-refractivity contribution in [2.75, 3.05) is 19.8 Å². The first kappa shape index (κ1) is 8.97. The minimum atomic E-state index is 0.338. The van der Waals surface area contributed by atoms with Gasteiger partial charge in [-0.3, -0.25) is 4.90 Å². The molecule has 1 saturated heterocycles. The van der Waals surface area contributed by atoms with Crippen LogP contribution in [0.5, 0.6) is 0 Å². The lowest BCUT2D eigenvalue weighted by Gasteiger charge is -2.14. The first-order valence-electron chi connectivity index (χ1n) is 4.33. The van der Waals surface area contributed by atoms with Crippen molar-refractivity contribution in [3.8, 4) is 0 Å². The van der Waals surface area contributed by atoms with Gasteiger partial charge in [-0.1, -0.05) is 6.92 Å². The van der Waals surface area contributed by atoms with Crippen LogP contribution in [0.1, 0.15) is 20.3 Å². The largest absolute Gasteiger partial charge is 0.362 e. The van der Waals surface area contributed by atoms with Crippen LogP contribution in [0.15, 0.2) is 0 Å². The van der Waals surface area contributed by atoms with E-state index in [1.807, 2.05) is 0 Å². The third-order valence-corrected chi connectivity index (χ3v) is 2.21. The summed E-state index contributed by atoms with van der Waals surface area (Å²) in [5.41, 5.74) is 5.30. The Morgan fingerprint density at radius 3 is 2.73 bits per heavy atom. The highest BCUT2D eigenvalue weighted by atomic mass is 16.5. The van der Waals surface area contributed by atoms with Gasteiger partial charge in [-0.05, 0) is 13.3 Å². The molecule has 2 N–H and O–H groups in total. The number of hydrogen-bond donors (Lipinski definition) is 1. The van der Waals surface area contributed by atoms with Gasteiger partial charge in [-0.2, -0.15) is 0 Å². The normalized spacial score (nSPS) is 31.9. The second kappa shape index (κ2) is 4.04. The maximum absolute atomic E-state index is 5.33. The van der Waals surface area contributed by atoms with Crippen LogP contribution in [0.4, 0.5) is 0 Å². The standard InChI is InChI=1S/C8H18N2O/c1-3-8(11-6-9)5-10-4-7(10)2/h7-8H,3-6,9H2,1-2H3. The van der Waals surface area contributed by atoms with E-state index < -0.39 is 0 Å². The van der Waals surface area contributed by atoms with Crippen LogP contribution >= 0.6 is 0 Å². The van der Waals surface area contributed by atoms with Crippen LogP contribution in [0.2, 0.25) is 0 Å². The van der Waals surface area contributed by atoms with Gasteiger partial charge in [-0.25, -0.2) is 0 Å². The van der Waals surface area contributed by atoms with Crippen LogP contribution < -0.4 is 5.73 Å². The SMILES string of the molecule is CCC(CN1CC1C)OCN. The molecule has 3 atom stereocenters. The van der Waals surface area contributed by atoms with Gasteiger partial charge in [0.05, 0.1) is 12.8 Å². The summed E-state index contributed by atoms with van der Waals surface area (Å²) in [4.78, 5) is 2.39. The van der Waals surface area contributed by atoms with Crippen LogP contribution in [0.25, 0.3) is 0 Å². The molecule has 3 unspecified atom stereocenters. The molecule has 3 nitrogen and oxygen atoms in total. The molecule has 0 saturated carbocycles. The zero-order valence-corrected chi connectivity index (χ0v) is 7.42. The molecule has 0 bridgehead atoms. The molecule has 1 heterocycles. The summed E-state index contributed by atoms with van der Waals surface area (Å²) in [6, 6.07) is 0.769. The average molecular weight is 158 g/mol. The van der Waals surface area contributed by atoms with Gasteiger partial charge >= 0.3 is 0 Å². The third kappa shape index (κ3) is 2.77. The van der Waals surface area contributed by atoms with E-state index in [0.29, 0.717) is 12.8 Å². The molecule has 0 amide bonds. The first-order chi connectivity index (χ1) is 5.27. The number of hydrogen-bond acceptors (Lipinski definition) is 3. The summed E-state index contributed by atoms with van der Waals surface area (Å²) >= 11 is 0. The number of rotatable bonds is 5. The maximum Gasteiger partial charge on any atom is 0.0944 e. The van der Waals surface area contributed by atoms with Gasteiger partial charge in [0.1, 0.15) is 0 Å². The van der Waals surface area contributed by atoms with Crippen molar-refractivity contribution in [2.24, 2.45) is 5.73 Å². The molecule has 1 aliphatic rings. The lowest BCUT2D eigenvalue weighted by Crippen LogP contribution is -2.25. The molecule has 66 valence electrons. The highest BCUT2D eigenvalue weighted by Gasteiger charge is 2.30. The molecule has 1 aliphatic heterocycles. The molecule has 1 fully saturated rings. The molecule has 0 aromatic rings. The van der Waals surface area contributed by atoms with E-state index >= 15 is 0 Å². The summed E-state index contributed by atoms with van der Waals surface area (Å²) in [6.45, 7) is 6.99. The smallest absolute Gasteiger partial charge is 0.0944 e. The van der Waals surface area contributed by atoms with Crippen molar-refractivity contribution in [2.45, 2.75) is 32.4 Å². The zero-order valence-electron chi connectivity index (χ0n) is 7.42. The molecular formula is C8H18N2O. The fraction of sp³-hybridized carbons (Fsp3) is 1.00. The maximum atomic E-state index is 5.33. The Balaban J connectivity index is 2.10. The summed E-state index contributed by atoms with van der Waals surface area (Å²) in [6.07, 6.45) is 1.39. The molecule has 0 radical (unpaired) electrons. The van der Waals surface area contributed by atoms with Gasteiger partial charge < -0.3 is 10.5 Å². The van der Waals surface area contributed by atoms with Crippen LogP contribution in [0, 0.1) is 0 Å². The summed E-state index contributed by atoms with van der Waals surface area (Å²) in [7, 11) is 0. The molecule has 1 rings (SSSR count). The first-order valence-corrected chi connectivity index (χ1v) is 4.33. The lowest BCUT2D eigenvalue weighted by molar-refractivity contribution is 0.0446. The van der Waals surface area contributed by atoms with Gasteiger partial charge in [0.2, 0.25) is 0 Å². The van der Waals surface area contributed by atoms with E-state index in [0.717, 1.165) is 19.0 Å². The van der Waals surface area contributed by atoms with E-state index in [4.69, 9.17) is 10.5 Å². The van der Waals surface area contributed by atoms with Crippen molar-refractivity contribution < 1.29 is 4.74 Å². The van der Waals surface area contributed by atoms with Crippen molar-refractivity contribution >= 4 is 0 Å². The minimum absolute atomic E-state index is 0.338. The topological polar surface area (TPSA) is 38.3 Å². The Morgan fingerprint density at radius 1 is 1.73 bits per heavy atom. The Bertz CT molecular complexity index is 119. The van der Waals surface area contributed by atoms with Gasteiger partial charge in [0.25, 0.3) is 0 Å². The van der Waals surface area contributed by atoms with Crippen molar-refractivity contribution in [1.82, 2.24) is 4.90 Å². The Kier molecular flexibility index (Phi) is 3.30. The molecular weight excluding hydrogens is 140 g/mol. The van der Waals surface area contributed by atoms with E-state index in [-0.39, 0.29) is 0 Å². The molecule has 0 aromatic heterocycles. The Hall–Kier alpha value is -0.120. The average Bonchev–Trinajstić information content (AvgIpc) is 2.66. The van der Waals surface area contributed by atoms with E-state index in [1.54, 1.807) is 0 Å². The summed E-state index contributed by atoms with van der Waals surface area (Å²) in [5.74, 6) is 0. The summed E-state index contributed by atoms with van der Waals surface area (Å²) in [5, 5.41) is 0. The second-order valence-electron chi connectivity index (χ2n) is 3.17. The Labute approximate surface area is 68.5 Å². The third-order valence-electron chi connectivity index (χ3n) is 2.21. The molecule has 3 heteroatoms. The molecule has 11 heavy (non-hydrogen) atoms. The van der Waals surface area contributed by atoms with Crippen molar-refractivity contribution in [3.63, 3.8) is 0 Å². The number of nitrogens with zero attached hydrogens (tertiary/aromatic N) is 1. The fourth-order valence-corrected chi connectivity index (χ4v) is 1.24. The van der Waals surface area contributed by atoms with Crippen molar-refractivity contribution in [3.05, 3.63) is 0 Å².